The van der Waals surface area contributed by atoms with Gasteiger partial charge in [-0.25, -0.2) is 0 Å². The molecule has 2 aromatic rings. The second-order valence-electron chi connectivity index (χ2n) is 6.00. The van der Waals surface area contributed by atoms with Crippen LogP contribution in [0.25, 0.3) is 0 Å². The van der Waals surface area contributed by atoms with Crippen molar-refractivity contribution in [3.05, 3.63) is 57.8 Å². The van der Waals surface area contributed by atoms with Gasteiger partial charge in [-0.1, -0.05) is 30.3 Å². The third-order valence-corrected chi connectivity index (χ3v) is 4.92. The first-order chi connectivity index (χ1) is 11.5. The van der Waals surface area contributed by atoms with E-state index in [9.17, 15) is 9.59 Å². The minimum absolute atomic E-state index is 0.0536. The summed E-state index contributed by atoms with van der Waals surface area (Å²) >= 11 is 3.33. The molecule has 0 spiro atoms. The summed E-state index contributed by atoms with van der Waals surface area (Å²) in [5, 5.41) is 0. The minimum Gasteiger partial charge on any atom is -0.367 e. The first-order valence-electron chi connectivity index (χ1n) is 7.81. The van der Waals surface area contributed by atoms with Crippen molar-refractivity contribution in [3.8, 4) is 0 Å². The van der Waals surface area contributed by atoms with Gasteiger partial charge in [0, 0.05) is 18.1 Å². The highest BCUT2D eigenvalue weighted by Crippen LogP contribution is 2.27. The summed E-state index contributed by atoms with van der Waals surface area (Å²) in [6.07, 6.45) is 0.547. The van der Waals surface area contributed by atoms with E-state index >= 15 is 0 Å². The van der Waals surface area contributed by atoms with Crippen LogP contribution in [0, 0.1) is 0 Å². The Labute approximate surface area is 149 Å². The van der Waals surface area contributed by atoms with Gasteiger partial charge in [0.15, 0.2) is 6.29 Å². The molecule has 1 aliphatic rings. The maximum Gasteiger partial charge on any atom is 0.270 e. The topological polar surface area (TPSA) is 51.5 Å². The van der Waals surface area contributed by atoms with Crippen LogP contribution in [0.4, 0.5) is 0 Å². The molecule has 0 unspecified atom stereocenters. The van der Waals surface area contributed by atoms with E-state index in [2.05, 4.69) is 15.9 Å². The highest BCUT2D eigenvalue weighted by Gasteiger charge is 2.31. The Morgan fingerprint density at radius 1 is 1.29 bits per heavy atom. The molecular formula is C18H19BrN2O3. The van der Waals surface area contributed by atoms with E-state index in [0.29, 0.717) is 29.0 Å². The van der Waals surface area contributed by atoms with E-state index < -0.39 is 0 Å². The quantitative estimate of drug-likeness (QED) is 0.756. The number of rotatable bonds is 3. The van der Waals surface area contributed by atoms with Crippen LogP contribution in [0.2, 0.25) is 0 Å². The zero-order valence-corrected chi connectivity index (χ0v) is 15.2. The molecular weight excluding hydrogens is 372 g/mol. The number of halogens is 1. The molecule has 24 heavy (non-hydrogen) atoms. The zero-order chi connectivity index (χ0) is 17.3. The lowest BCUT2D eigenvalue weighted by Crippen LogP contribution is -2.46. The van der Waals surface area contributed by atoms with Crippen LogP contribution >= 0.6 is 15.9 Å². The van der Waals surface area contributed by atoms with Crippen molar-refractivity contribution < 1.29 is 14.3 Å². The molecule has 1 saturated heterocycles. The molecule has 1 amide bonds. The summed E-state index contributed by atoms with van der Waals surface area (Å²) in [5.74, 6) is -0.0950. The minimum atomic E-state index is -0.145. The van der Waals surface area contributed by atoms with Crippen LogP contribution in [-0.4, -0.2) is 40.9 Å². The van der Waals surface area contributed by atoms with Crippen LogP contribution in [0.5, 0.6) is 0 Å². The van der Waals surface area contributed by atoms with E-state index in [-0.39, 0.29) is 18.1 Å². The van der Waals surface area contributed by atoms with Crippen LogP contribution in [0.15, 0.2) is 40.9 Å². The fourth-order valence-corrected chi connectivity index (χ4v) is 3.63. The van der Waals surface area contributed by atoms with Crippen LogP contribution in [0.1, 0.15) is 39.6 Å². The molecule has 1 aromatic heterocycles. The molecule has 0 aliphatic carbocycles. The van der Waals surface area contributed by atoms with Gasteiger partial charge in [-0.15, -0.1) is 0 Å². The van der Waals surface area contributed by atoms with Crippen molar-refractivity contribution in [1.82, 2.24) is 9.47 Å². The molecule has 6 heteroatoms. The van der Waals surface area contributed by atoms with Crippen LogP contribution in [0.3, 0.4) is 0 Å². The van der Waals surface area contributed by atoms with Gasteiger partial charge >= 0.3 is 0 Å². The van der Waals surface area contributed by atoms with E-state index in [0.717, 1.165) is 11.8 Å². The molecule has 126 valence electrons. The summed E-state index contributed by atoms with van der Waals surface area (Å²) in [6.45, 7) is 2.99. The van der Waals surface area contributed by atoms with E-state index in [1.807, 2.05) is 37.3 Å². The summed E-state index contributed by atoms with van der Waals surface area (Å²) in [6, 6.07) is 11.6. The van der Waals surface area contributed by atoms with Crippen molar-refractivity contribution in [3.63, 3.8) is 0 Å². The third kappa shape index (κ3) is 3.16. The molecule has 1 fully saturated rings. The summed E-state index contributed by atoms with van der Waals surface area (Å²) in [4.78, 5) is 25.9. The van der Waals surface area contributed by atoms with Crippen LogP contribution in [-0.2, 0) is 11.8 Å². The molecule has 0 N–H and O–H groups in total. The van der Waals surface area contributed by atoms with Gasteiger partial charge in [-0.05, 0) is 34.5 Å². The van der Waals surface area contributed by atoms with E-state index in [1.165, 1.54) is 0 Å². The van der Waals surface area contributed by atoms with Crippen molar-refractivity contribution in [2.45, 2.75) is 19.1 Å². The van der Waals surface area contributed by atoms with Gasteiger partial charge in [0.1, 0.15) is 11.8 Å². The van der Waals surface area contributed by atoms with E-state index in [4.69, 9.17) is 4.74 Å². The van der Waals surface area contributed by atoms with Gasteiger partial charge in [-0.3, -0.25) is 9.59 Å². The lowest BCUT2D eigenvalue weighted by molar-refractivity contribution is -0.0693. The lowest BCUT2D eigenvalue weighted by atomic mass is 10.1. The van der Waals surface area contributed by atoms with Gasteiger partial charge in [-0.2, -0.15) is 0 Å². The number of nitrogens with zero attached hydrogens (tertiary/aromatic N) is 2. The number of carbonyl (C=O) groups excluding carboxylic acids is 2. The Bertz CT molecular complexity index is 757. The highest BCUT2D eigenvalue weighted by molar-refractivity contribution is 9.10. The summed E-state index contributed by atoms with van der Waals surface area (Å²) in [5.41, 5.74) is 2.01. The second kappa shape index (κ2) is 6.91. The Morgan fingerprint density at radius 2 is 2.00 bits per heavy atom. The largest absolute Gasteiger partial charge is 0.367 e. The number of hydrogen-bond acceptors (Lipinski definition) is 3. The van der Waals surface area contributed by atoms with Crippen molar-refractivity contribution in [1.29, 1.82) is 0 Å². The smallest absolute Gasteiger partial charge is 0.270 e. The monoisotopic (exact) mass is 390 g/mol. The predicted octanol–water partition coefficient (Wildman–Crippen LogP) is 3.20. The SMILES string of the molecule is C[C@@H]1CN(C(=O)c2cc(Br)c(C=O)n2C)C[C@H](c2ccccc2)O1. The van der Waals surface area contributed by atoms with Gasteiger partial charge < -0.3 is 14.2 Å². The number of ether oxygens (including phenoxy) is 1. The molecule has 0 radical (unpaired) electrons. The third-order valence-electron chi connectivity index (χ3n) is 4.28. The molecule has 0 saturated carbocycles. The lowest BCUT2D eigenvalue weighted by Gasteiger charge is -2.37. The molecule has 3 rings (SSSR count). The average Bonchev–Trinajstić information content (AvgIpc) is 2.88. The second-order valence-corrected chi connectivity index (χ2v) is 6.85. The molecule has 5 nitrogen and oxygen atoms in total. The fourth-order valence-electron chi connectivity index (χ4n) is 3.05. The Balaban J connectivity index is 1.86. The fraction of sp³-hybridized carbons (Fsp3) is 0.333. The molecule has 1 aromatic carbocycles. The number of amides is 1. The normalized spacial score (nSPS) is 20.9. The van der Waals surface area contributed by atoms with Gasteiger partial charge in [0.05, 0.1) is 18.3 Å². The van der Waals surface area contributed by atoms with Gasteiger partial charge in [0.2, 0.25) is 0 Å². The number of carbonyl (C=O) groups is 2. The van der Waals surface area contributed by atoms with Gasteiger partial charge in [0.25, 0.3) is 5.91 Å². The molecule has 2 atom stereocenters. The van der Waals surface area contributed by atoms with Crippen molar-refractivity contribution in [2.24, 2.45) is 7.05 Å². The summed E-state index contributed by atoms with van der Waals surface area (Å²) < 4.78 is 8.25. The van der Waals surface area contributed by atoms with E-state index in [1.54, 1.807) is 22.6 Å². The maximum atomic E-state index is 12.9. The Hall–Kier alpha value is -1.92. The number of benzene rings is 1. The predicted molar refractivity (Wildman–Crippen MR) is 94.1 cm³/mol. The zero-order valence-electron chi connectivity index (χ0n) is 13.6. The average molecular weight is 391 g/mol. The Kier molecular flexibility index (Phi) is 4.87. The Morgan fingerprint density at radius 3 is 2.62 bits per heavy atom. The number of hydrogen-bond donors (Lipinski definition) is 0. The number of aromatic nitrogens is 1. The molecule has 1 aliphatic heterocycles. The highest BCUT2D eigenvalue weighted by atomic mass is 79.9. The van der Waals surface area contributed by atoms with Crippen LogP contribution < -0.4 is 0 Å². The standard InChI is InChI=1S/C18H19BrN2O3/c1-12-9-21(10-17(24-12)13-6-4-3-5-7-13)18(23)15-8-14(19)16(11-22)20(15)2/h3-8,11-12,17H,9-10H2,1-2H3/t12-,17-/m1/s1. The van der Waals surface area contributed by atoms with Crippen molar-refractivity contribution >= 4 is 28.1 Å². The van der Waals surface area contributed by atoms with Crippen molar-refractivity contribution in [2.75, 3.05) is 13.1 Å². The molecule has 2 heterocycles. The first kappa shape index (κ1) is 16.9. The summed E-state index contributed by atoms with van der Waals surface area (Å²) in [7, 11) is 1.72. The molecule has 0 bridgehead atoms. The first-order valence-corrected chi connectivity index (χ1v) is 8.60. The number of aldehydes is 1. The maximum absolute atomic E-state index is 12.9. The number of morpholine rings is 1.